The predicted octanol–water partition coefficient (Wildman–Crippen LogP) is 3.50. The summed E-state index contributed by atoms with van der Waals surface area (Å²) < 4.78 is 10.5. The molecular weight excluding hydrogens is 352 g/mol. The van der Waals surface area contributed by atoms with Crippen molar-refractivity contribution in [2.45, 2.75) is 0 Å². The Morgan fingerprint density at radius 3 is 2.48 bits per heavy atom. The van der Waals surface area contributed by atoms with Gasteiger partial charge in [-0.3, -0.25) is 15.0 Å². The number of aromatic amines is 2. The first-order chi connectivity index (χ1) is 13.0. The quantitative estimate of drug-likeness (QED) is 0.573. The minimum absolute atomic E-state index is 0.0583. The van der Waals surface area contributed by atoms with E-state index in [2.05, 4.69) is 20.4 Å². The number of nitrogens with one attached hydrogen (secondary N) is 2. The molecule has 3 aromatic rings. The van der Waals surface area contributed by atoms with Crippen LogP contribution in [0.15, 0.2) is 57.5 Å². The lowest BCUT2D eigenvalue weighted by Gasteiger charge is -2.08. The molecule has 0 amide bonds. The fourth-order valence-electron chi connectivity index (χ4n) is 2.46. The molecule has 0 aliphatic carbocycles. The second-order valence-corrected chi connectivity index (χ2v) is 5.43. The van der Waals surface area contributed by atoms with E-state index in [9.17, 15) is 9.59 Å². The Morgan fingerprint density at radius 1 is 1.00 bits per heavy atom. The molecule has 3 N–H and O–H groups in total. The summed E-state index contributed by atoms with van der Waals surface area (Å²) in [6.45, 7) is 0. The van der Waals surface area contributed by atoms with E-state index >= 15 is 0 Å². The van der Waals surface area contributed by atoms with Gasteiger partial charge in [-0.2, -0.15) is 5.11 Å². The number of nitrogens with zero attached hydrogens (tertiary/aromatic N) is 2. The summed E-state index contributed by atoms with van der Waals surface area (Å²) in [4.78, 5) is 23.1. The second-order valence-electron chi connectivity index (χ2n) is 5.43. The molecule has 0 radical (unpaired) electrons. The van der Waals surface area contributed by atoms with Crippen LogP contribution < -0.4 is 15.0 Å². The van der Waals surface area contributed by atoms with Crippen LogP contribution in [0, 0.1) is 0 Å². The van der Waals surface area contributed by atoms with Gasteiger partial charge in [-0.15, -0.1) is 5.11 Å². The first kappa shape index (κ1) is 17.9. The van der Waals surface area contributed by atoms with E-state index in [0.717, 1.165) is 0 Å². The maximum atomic E-state index is 12.1. The van der Waals surface area contributed by atoms with Gasteiger partial charge in [-0.1, -0.05) is 6.07 Å². The van der Waals surface area contributed by atoms with E-state index in [1.807, 2.05) is 0 Å². The summed E-state index contributed by atoms with van der Waals surface area (Å²) in [5.41, 5.74) is 1.04. The van der Waals surface area contributed by atoms with Gasteiger partial charge in [-0.05, 0) is 36.4 Å². The number of carboxylic acids is 1. The van der Waals surface area contributed by atoms with Gasteiger partial charge in [0, 0.05) is 5.56 Å². The molecule has 1 heterocycles. The van der Waals surface area contributed by atoms with Crippen LogP contribution in [0.1, 0.15) is 10.4 Å². The molecule has 0 saturated heterocycles. The molecule has 0 bridgehead atoms. The molecular formula is C18H16N4O5. The Bertz CT molecular complexity index is 1070. The summed E-state index contributed by atoms with van der Waals surface area (Å²) in [6, 6.07) is 11.1. The number of carboxylic acid groups (broad SMARTS) is 1. The van der Waals surface area contributed by atoms with Gasteiger partial charge >= 0.3 is 5.97 Å². The number of aromatic carboxylic acids is 1. The molecule has 0 spiro atoms. The van der Waals surface area contributed by atoms with Crippen molar-refractivity contribution in [1.82, 2.24) is 10.2 Å². The van der Waals surface area contributed by atoms with E-state index < -0.39 is 11.5 Å². The van der Waals surface area contributed by atoms with E-state index in [-0.39, 0.29) is 11.3 Å². The number of hydrogen-bond acceptors (Lipinski definition) is 6. The van der Waals surface area contributed by atoms with Crippen LogP contribution in [0.2, 0.25) is 0 Å². The minimum Gasteiger partial charge on any atom is -0.493 e. The SMILES string of the molecule is COc1ccc(-c2[nH][nH]c(=O)c2N=Nc2cccc(C(=O)O)c2)cc1OC. The van der Waals surface area contributed by atoms with Crippen LogP contribution in [0.3, 0.4) is 0 Å². The fraction of sp³-hybridized carbons (Fsp3) is 0.111. The average molecular weight is 368 g/mol. The van der Waals surface area contributed by atoms with Gasteiger partial charge in [0.05, 0.1) is 31.2 Å². The number of H-pyrrole nitrogens is 2. The number of benzene rings is 2. The molecule has 0 unspecified atom stereocenters. The highest BCUT2D eigenvalue weighted by molar-refractivity contribution is 5.88. The number of rotatable bonds is 6. The molecule has 0 atom stereocenters. The number of aromatic nitrogens is 2. The molecule has 9 nitrogen and oxygen atoms in total. The van der Waals surface area contributed by atoms with Crippen molar-refractivity contribution in [1.29, 1.82) is 0 Å². The smallest absolute Gasteiger partial charge is 0.335 e. The van der Waals surface area contributed by atoms with E-state index in [0.29, 0.717) is 28.4 Å². The zero-order chi connectivity index (χ0) is 19.4. The molecule has 9 heteroatoms. The zero-order valence-corrected chi connectivity index (χ0v) is 14.5. The molecule has 3 rings (SSSR count). The average Bonchev–Trinajstić information content (AvgIpc) is 3.06. The van der Waals surface area contributed by atoms with E-state index in [4.69, 9.17) is 14.6 Å². The van der Waals surface area contributed by atoms with Crippen LogP contribution in [0.5, 0.6) is 11.5 Å². The van der Waals surface area contributed by atoms with Crippen molar-refractivity contribution in [2.75, 3.05) is 14.2 Å². The van der Waals surface area contributed by atoms with Crippen LogP contribution in [0.25, 0.3) is 11.3 Å². The number of methoxy groups -OCH3 is 2. The van der Waals surface area contributed by atoms with Crippen LogP contribution in [0.4, 0.5) is 11.4 Å². The summed E-state index contributed by atoms with van der Waals surface area (Å²) in [5, 5.41) is 22.2. The van der Waals surface area contributed by atoms with Gasteiger partial charge in [0.25, 0.3) is 5.56 Å². The highest BCUT2D eigenvalue weighted by Crippen LogP contribution is 2.34. The normalized spacial score (nSPS) is 10.9. The van der Waals surface area contributed by atoms with Crippen molar-refractivity contribution in [2.24, 2.45) is 10.2 Å². The lowest BCUT2D eigenvalue weighted by Crippen LogP contribution is -1.96. The number of azo groups is 1. The van der Waals surface area contributed by atoms with Gasteiger partial charge in [0.1, 0.15) is 0 Å². The maximum Gasteiger partial charge on any atom is 0.335 e. The fourth-order valence-corrected chi connectivity index (χ4v) is 2.46. The summed E-state index contributed by atoms with van der Waals surface area (Å²) in [7, 11) is 3.04. The first-order valence-corrected chi connectivity index (χ1v) is 7.81. The van der Waals surface area contributed by atoms with Crippen LogP contribution in [-0.4, -0.2) is 35.5 Å². The summed E-state index contributed by atoms with van der Waals surface area (Å²) >= 11 is 0. The van der Waals surface area contributed by atoms with E-state index in [1.54, 1.807) is 30.3 Å². The third-order valence-corrected chi connectivity index (χ3v) is 3.78. The lowest BCUT2D eigenvalue weighted by atomic mass is 10.1. The van der Waals surface area contributed by atoms with Crippen molar-refractivity contribution in [3.05, 3.63) is 58.4 Å². The Labute approximate surface area is 153 Å². The third-order valence-electron chi connectivity index (χ3n) is 3.78. The first-order valence-electron chi connectivity index (χ1n) is 7.81. The van der Waals surface area contributed by atoms with Gasteiger partial charge in [0.2, 0.25) is 0 Å². The standard InChI is InChI=1S/C18H16N4O5/c1-26-13-7-6-10(9-14(13)27-2)15-16(17(23)22-20-15)21-19-12-5-3-4-11(8-12)18(24)25/h3-9H,1-2H3,(H,24,25)(H2,20,22,23). The Balaban J connectivity index is 2.00. The van der Waals surface area contributed by atoms with Crippen molar-refractivity contribution >= 4 is 17.3 Å². The number of carbonyl (C=O) groups is 1. The minimum atomic E-state index is -1.07. The number of ether oxygens (including phenoxy) is 2. The summed E-state index contributed by atoms with van der Waals surface area (Å²) in [5.74, 6) is -0.0283. The van der Waals surface area contributed by atoms with Crippen LogP contribution in [-0.2, 0) is 0 Å². The maximum absolute atomic E-state index is 12.1. The molecule has 0 saturated carbocycles. The highest BCUT2D eigenvalue weighted by atomic mass is 16.5. The lowest BCUT2D eigenvalue weighted by molar-refractivity contribution is 0.0697. The van der Waals surface area contributed by atoms with Crippen molar-refractivity contribution in [3.8, 4) is 22.8 Å². The molecule has 27 heavy (non-hydrogen) atoms. The molecule has 138 valence electrons. The highest BCUT2D eigenvalue weighted by Gasteiger charge is 2.14. The van der Waals surface area contributed by atoms with Crippen molar-refractivity contribution in [3.63, 3.8) is 0 Å². The third kappa shape index (κ3) is 3.71. The van der Waals surface area contributed by atoms with Crippen molar-refractivity contribution < 1.29 is 19.4 Å². The zero-order valence-electron chi connectivity index (χ0n) is 14.5. The molecule has 0 aliphatic heterocycles. The van der Waals surface area contributed by atoms with Gasteiger partial charge in [0.15, 0.2) is 17.2 Å². The largest absolute Gasteiger partial charge is 0.493 e. The monoisotopic (exact) mass is 368 g/mol. The van der Waals surface area contributed by atoms with Gasteiger partial charge in [-0.25, -0.2) is 4.79 Å². The Hall–Kier alpha value is -3.88. The number of hydrogen-bond donors (Lipinski definition) is 3. The Morgan fingerprint density at radius 2 is 1.78 bits per heavy atom. The Kier molecular flexibility index (Phi) is 5.02. The predicted molar refractivity (Wildman–Crippen MR) is 97.5 cm³/mol. The molecule has 2 aromatic carbocycles. The van der Waals surface area contributed by atoms with Crippen LogP contribution >= 0.6 is 0 Å². The topological polar surface area (TPSA) is 129 Å². The van der Waals surface area contributed by atoms with Gasteiger partial charge < -0.3 is 14.6 Å². The second kappa shape index (κ2) is 7.56. The molecule has 1 aromatic heterocycles. The molecule has 0 fully saturated rings. The molecule has 0 aliphatic rings. The summed E-state index contributed by atoms with van der Waals surface area (Å²) in [6.07, 6.45) is 0. The van der Waals surface area contributed by atoms with E-state index in [1.165, 1.54) is 26.4 Å².